The van der Waals surface area contributed by atoms with Crippen LogP contribution in [-0.2, 0) is 22.7 Å². The van der Waals surface area contributed by atoms with E-state index in [1.807, 2.05) is 0 Å². The normalized spacial score (nSPS) is 26.6. The molecule has 28 heavy (non-hydrogen) atoms. The molecule has 2 aromatic rings. The maximum absolute atomic E-state index is 15.4. The molecule has 2 aliphatic heterocycles. The van der Waals surface area contributed by atoms with Gasteiger partial charge in [-0.05, 0) is 28.1 Å². The van der Waals surface area contributed by atoms with Gasteiger partial charge in [0.1, 0.15) is 18.6 Å². The number of aromatic nitrogens is 4. The first-order chi connectivity index (χ1) is 13.3. The molecule has 0 aliphatic carbocycles. The van der Waals surface area contributed by atoms with Crippen LogP contribution in [0.2, 0.25) is 0 Å². The Morgan fingerprint density at radius 2 is 2.11 bits per heavy atom. The number of ether oxygens (including phenoxy) is 1. The molecule has 0 unspecified atom stereocenters. The Morgan fingerprint density at radius 1 is 1.29 bits per heavy atom. The molecule has 0 saturated carbocycles. The molecule has 1 aromatic carbocycles. The third-order valence-electron chi connectivity index (χ3n) is 5.18. The molecule has 11 heteroatoms. The molecule has 2 saturated heterocycles. The number of amides is 2. The summed E-state index contributed by atoms with van der Waals surface area (Å²) in [6.45, 7) is -1.73. The second-order valence-corrected chi connectivity index (χ2v) is 7.04. The van der Waals surface area contributed by atoms with E-state index < -0.39 is 42.8 Å². The van der Waals surface area contributed by atoms with Crippen LogP contribution in [-0.4, -0.2) is 79.9 Å². The number of carbonyl (C=O) groups excluding carboxylic acids is 2. The maximum atomic E-state index is 15.4. The van der Waals surface area contributed by atoms with Gasteiger partial charge in [0.25, 0.3) is 5.91 Å². The Morgan fingerprint density at radius 3 is 2.79 bits per heavy atom. The van der Waals surface area contributed by atoms with Crippen LogP contribution in [0.25, 0.3) is 0 Å². The summed E-state index contributed by atoms with van der Waals surface area (Å²) in [6, 6.07) is 6.94. The summed E-state index contributed by atoms with van der Waals surface area (Å²) in [4.78, 5) is 27.1. The van der Waals surface area contributed by atoms with Crippen molar-refractivity contribution in [3.8, 4) is 5.75 Å². The van der Waals surface area contributed by atoms with E-state index in [-0.39, 0.29) is 13.1 Å². The number of benzene rings is 1. The highest BCUT2D eigenvalue weighted by molar-refractivity contribution is 5.92. The van der Waals surface area contributed by atoms with Crippen molar-refractivity contribution in [2.75, 3.05) is 26.7 Å². The van der Waals surface area contributed by atoms with Crippen molar-refractivity contribution < 1.29 is 23.1 Å². The summed E-state index contributed by atoms with van der Waals surface area (Å²) in [7, 11) is 1.51. The van der Waals surface area contributed by atoms with Gasteiger partial charge in [0, 0.05) is 6.54 Å². The third kappa shape index (κ3) is 2.86. The Hall–Kier alpha value is -3.11. The van der Waals surface area contributed by atoms with E-state index in [1.165, 1.54) is 13.4 Å². The van der Waals surface area contributed by atoms with Crippen LogP contribution >= 0.6 is 0 Å². The number of alkyl halides is 2. The molecular formula is C17H18F2N6O3. The molecule has 2 amide bonds. The van der Waals surface area contributed by atoms with Gasteiger partial charge in [0.15, 0.2) is 5.67 Å². The molecule has 2 fully saturated rings. The van der Waals surface area contributed by atoms with Crippen molar-refractivity contribution in [3.05, 3.63) is 36.2 Å². The first-order valence-corrected chi connectivity index (χ1v) is 8.63. The summed E-state index contributed by atoms with van der Waals surface area (Å²) in [6.07, 6.45) is 1.23. The second kappa shape index (κ2) is 6.50. The van der Waals surface area contributed by atoms with Gasteiger partial charge in [0.2, 0.25) is 11.6 Å². The minimum absolute atomic E-state index is 0.0615. The average molecular weight is 392 g/mol. The quantitative estimate of drug-likeness (QED) is 0.710. The van der Waals surface area contributed by atoms with Gasteiger partial charge < -0.3 is 14.5 Å². The number of hydrogen-bond donors (Lipinski definition) is 0. The van der Waals surface area contributed by atoms with E-state index in [4.69, 9.17) is 4.74 Å². The van der Waals surface area contributed by atoms with E-state index in [0.29, 0.717) is 11.3 Å². The molecule has 3 heterocycles. The molecule has 0 bridgehead atoms. The molecule has 4 rings (SSSR count). The zero-order chi connectivity index (χ0) is 19.9. The highest BCUT2D eigenvalue weighted by Gasteiger charge is 2.71. The molecule has 0 spiro atoms. The largest absolute Gasteiger partial charge is 0.497 e. The fourth-order valence-electron chi connectivity index (χ4n) is 3.73. The van der Waals surface area contributed by atoms with Gasteiger partial charge in [-0.15, -0.1) is 5.10 Å². The smallest absolute Gasteiger partial charge is 0.266 e. The van der Waals surface area contributed by atoms with Crippen molar-refractivity contribution in [2.24, 2.45) is 0 Å². The first kappa shape index (κ1) is 18.3. The molecule has 2 atom stereocenters. The van der Waals surface area contributed by atoms with Crippen molar-refractivity contribution in [3.63, 3.8) is 0 Å². The summed E-state index contributed by atoms with van der Waals surface area (Å²) in [5, 5.41) is 10.4. The summed E-state index contributed by atoms with van der Waals surface area (Å²) < 4.78 is 37.1. The Balaban J connectivity index is 1.48. The predicted molar refractivity (Wildman–Crippen MR) is 90.5 cm³/mol. The van der Waals surface area contributed by atoms with Crippen molar-refractivity contribution in [1.29, 1.82) is 0 Å². The second-order valence-electron chi connectivity index (χ2n) is 7.04. The van der Waals surface area contributed by atoms with Crippen molar-refractivity contribution in [2.45, 2.75) is 24.4 Å². The topological polar surface area (TPSA) is 93.4 Å². The van der Waals surface area contributed by atoms with E-state index >= 15 is 8.78 Å². The predicted octanol–water partition coefficient (Wildman–Crippen LogP) is -0.0171. The van der Waals surface area contributed by atoms with Crippen LogP contribution in [0.1, 0.15) is 5.56 Å². The van der Waals surface area contributed by atoms with E-state index in [2.05, 4.69) is 15.5 Å². The summed E-state index contributed by atoms with van der Waals surface area (Å²) in [5.41, 5.74) is -4.52. The van der Waals surface area contributed by atoms with Gasteiger partial charge in [0.05, 0.1) is 26.7 Å². The lowest BCUT2D eigenvalue weighted by atomic mass is 9.93. The summed E-state index contributed by atoms with van der Waals surface area (Å²) in [5.74, 6) is -0.910. The Bertz CT molecular complexity index is 910. The van der Waals surface area contributed by atoms with Gasteiger partial charge in [-0.2, -0.15) is 0 Å². The van der Waals surface area contributed by atoms with Crippen LogP contribution in [0.15, 0.2) is 30.6 Å². The SMILES string of the molecule is COc1cccc(CN2C[C@@]3(F)CN(C(=O)Cn4cnnn4)C[C@@]3(F)C2=O)c1. The number of methoxy groups -OCH3 is 1. The van der Waals surface area contributed by atoms with Crippen molar-refractivity contribution in [1.82, 2.24) is 30.0 Å². The lowest BCUT2D eigenvalue weighted by Gasteiger charge is -2.22. The lowest BCUT2D eigenvalue weighted by molar-refractivity contribution is -0.140. The number of carbonyl (C=O) groups is 2. The minimum Gasteiger partial charge on any atom is -0.497 e. The van der Waals surface area contributed by atoms with Crippen LogP contribution in [0.3, 0.4) is 0 Å². The maximum Gasteiger partial charge on any atom is 0.266 e. The van der Waals surface area contributed by atoms with E-state index in [9.17, 15) is 9.59 Å². The number of rotatable bonds is 5. The first-order valence-electron chi connectivity index (χ1n) is 8.63. The molecule has 9 nitrogen and oxygen atoms in total. The number of fused-ring (bicyclic) bond motifs is 1. The van der Waals surface area contributed by atoms with Crippen LogP contribution < -0.4 is 4.74 Å². The van der Waals surface area contributed by atoms with Gasteiger partial charge in [-0.1, -0.05) is 12.1 Å². The lowest BCUT2D eigenvalue weighted by Crippen LogP contribution is -2.47. The molecule has 0 radical (unpaired) electrons. The highest BCUT2D eigenvalue weighted by Crippen LogP contribution is 2.46. The zero-order valence-electron chi connectivity index (χ0n) is 15.1. The van der Waals surface area contributed by atoms with E-state index in [1.54, 1.807) is 24.3 Å². The molecule has 148 valence electrons. The van der Waals surface area contributed by atoms with Gasteiger partial charge in [-0.25, -0.2) is 13.5 Å². The average Bonchev–Trinajstić information content (AvgIpc) is 3.31. The monoisotopic (exact) mass is 392 g/mol. The zero-order valence-corrected chi connectivity index (χ0v) is 15.1. The molecular weight excluding hydrogens is 374 g/mol. The highest BCUT2D eigenvalue weighted by atomic mass is 19.2. The van der Waals surface area contributed by atoms with Gasteiger partial charge in [-0.3, -0.25) is 9.59 Å². The molecule has 2 aliphatic rings. The molecule has 0 N–H and O–H groups in total. The van der Waals surface area contributed by atoms with Crippen LogP contribution in [0.4, 0.5) is 8.78 Å². The van der Waals surface area contributed by atoms with E-state index in [0.717, 1.165) is 14.5 Å². The number of nitrogens with zero attached hydrogens (tertiary/aromatic N) is 6. The number of likely N-dealkylation sites (tertiary alicyclic amines) is 2. The fraction of sp³-hybridized carbons (Fsp3) is 0.471. The molecule has 1 aromatic heterocycles. The number of halogens is 2. The standard InChI is InChI=1S/C17H18F2N6O3/c1-28-13-4-2-3-12(5-13)6-23-8-16(18)9-24(10-17(16,19)15(23)27)14(26)7-25-11-20-21-22-25/h2-5,11H,6-10H2,1H3/t16-,17-/m1/s1. The summed E-state index contributed by atoms with van der Waals surface area (Å²) >= 11 is 0. The fourth-order valence-corrected chi connectivity index (χ4v) is 3.73. The Labute approximate surface area is 158 Å². The van der Waals surface area contributed by atoms with Crippen LogP contribution in [0, 0.1) is 0 Å². The Kier molecular flexibility index (Phi) is 4.24. The number of hydrogen-bond acceptors (Lipinski definition) is 6. The van der Waals surface area contributed by atoms with Gasteiger partial charge >= 0.3 is 0 Å². The van der Waals surface area contributed by atoms with Crippen LogP contribution in [0.5, 0.6) is 5.75 Å². The van der Waals surface area contributed by atoms with Crippen molar-refractivity contribution >= 4 is 11.8 Å². The minimum atomic E-state index is -2.76. The third-order valence-corrected chi connectivity index (χ3v) is 5.18. The number of tetrazole rings is 1.